The van der Waals surface area contributed by atoms with Crippen molar-refractivity contribution in [2.24, 2.45) is 5.92 Å². The number of Topliss-reactive ketones (excluding diaryl/α,β-unsaturated/α-hetero) is 1. The first kappa shape index (κ1) is 15.8. The summed E-state index contributed by atoms with van der Waals surface area (Å²) in [6.45, 7) is 3.18. The smallest absolute Gasteiger partial charge is 0.328 e. The highest BCUT2D eigenvalue weighted by atomic mass is 19.1. The van der Waals surface area contributed by atoms with Crippen LogP contribution >= 0.6 is 0 Å². The zero-order valence-corrected chi connectivity index (χ0v) is 11.2. The third kappa shape index (κ3) is 3.88. The second-order valence-electron chi connectivity index (χ2n) is 3.81. The lowest BCUT2D eigenvalue weighted by Crippen LogP contribution is -2.35. The van der Waals surface area contributed by atoms with Crippen molar-refractivity contribution >= 4 is 17.7 Å². The van der Waals surface area contributed by atoms with Crippen molar-refractivity contribution in [3.05, 3.63) is 35.6 Å². The molecule has 0 bridgehead atoms. The van der Waals surface area contributed by atoms with Crippen molar-refractivity contribution in [3.8, 4) is 0 Å². The van der Waals surface area contributed by atoms with Crippen molar-refractivity contribution in [3.63, 3.8) is 0 Å². The summed E-state index contributed by atoms with van der Waals surface area (Å²) in [4.78, 5) is 35.6. The Morgan fingerprint density at radius 1 is 1.00 bits per heavy atom. The fourth-order valence-electron chi connectivity index (χ4n) is 1.54. The van der Waals surface area contributed by atoms with Crippen LogP contribution in [0.3, 0.4) is 0 Å². The molecule has 6 heteroatoms. The molecule has 0 aliphatic heterocycles. The third-order valence-corrected chi connectivity index (χ3v) is 2.44. The predicted octanol–water partition coefficient (Wildman–Crippen LogP) is 1.75. The molecule has 5 nitrogen and oxygen atoms in total. The van der Waals surface area contributed by atoms with Gasteiger partial charge in [0, 0.05) is 5.56 Å². The first-order chi connectivity index (χ1) is 9.51. The molecule has 0 heterocycles. The van der Waals surface area contributed by atoms with E-state index in [0.717, 1.165) is 12.1 Å². The van der Waals surface area contributed by atoms with Gasteiger partial charge in [0.1, 0.15) is 5.82 Å². The SMILES string of the molecule is CCOC(=O)C(C(=O)OCC)C(=O)c1ccc(F)cc1. The van der Waals surface area contributed by atoms with Crippen LogP contribution in [0.25, 0.3) is 0 Å². The molecule has 0 spiro atoms. The van der Waals surface area contributed by atoms with E-state index in [9.17, 15) is 18.8 Å². The maximum atomic E-state index is 12.8. The van der Waals surface area contributed by atoms with Gasteiger partial charge < -0.3 is 9.47 Å². The summed E-state index contributed by atoms with van der Waals surface area (Å²) in [5, 5.41) is 0. The van der Waals surface area contributed by atoms with Crippen LogP contribution in [0, 0.1) is 11.7 Å². The molecule has 0 fully saturated rings. The van der Waals surface area contributed by atoms with E-state index in [-0.39, 0.29) is 18.8 Å². The zero-order chi connectivity index (χ0) is 15.1. The Balaban J connectivity index is 3.03. The molecule has 0 saturated carbocycles. The maximum Gasteiger partial charge on any atom is 0.328 e. The third-order valence-electron chi connectivity index (χ3n) is 2.44. The van der Waals surface area contributed by atoms with Crippen LogP contribution in [0.15, 0.2) is 24.3 Å². The molecule has 0 amide bonds. The van der Waals surface area contributed by atoms with Gasteiger partial charge in [0.25, 0.3) is 0 Å². The summed E-state index contributed by atoms with van der Waals surface area (Å²) in [5.74, 6) is -4.92. The second kappa shape index (κ2) is 7.37. The van der Waals surface area contributed by atoms with Crippen LogP contribution < -0.4 is 0 Å². The average Bonchev–Trinajstić information content (AvgIpc) is 2.40. The van der Waals surface area contributed by atoms with Gasteiger partial charge in [0.15, 0.2) is 5.78 Å². The molecule has 0 aliphatic rings. The number of halogens is 1. The highest BCUT2D eigenvalue weighted by Gasteiger charge is 2.37. The lowest BCUT2D eigenvalue weighted by Gasteiger charge is -2.13. The number of esters is 2. The van der Waals surface area contributed by atoms with Gasteiger partial charge >= 0.3 is 11.9 Å². The topological polar surface area (TPSA) is 69.7 Å². The molecule has 0 radical (unpaired) electrons. The fourth-order valence-corrected chi connectivity index (χ4v) is 1.54. The van der Waals surface area contributed by atoms with Crippen LogP contribution in [-0.2, 0) is 19.1 Å². The van der Waals surface area contributed by atoms with Crippen molar-refractivity contribution in [2.75, 3.05) is 13.2 Å². The molecule has 1 rings (SSSR count). The lowest BCUT2D eigenvalue weighted by atomic mass is 9.97. The molecule has 0 saturated heterocycles. The Labute approximate surface area is 115 Å². The quantitative estimate of drug-likeness (QED) is 0.451. The Kier molecular flexibility index (Phi) is 5.83. The van der Waals surface area contributed by atoms with E-state index in [1.165, 1.54) is 12.1 Å². The fraction of sp³-hybridized carbons (Fsp3) is 0.357. The Bertz CT molecular complexity index is 477. The monoisotopic (exact) mass is 282 g/mol. The van der Waals surface area contributed by atoms with Crippen molar-refractivity contribution in [1.29, 1.82) is 0 Å². The van der Waals surface area contributed by atoms with Crippen molar-refractivity contribution < 1.29 is 28.2 Å². The van der Waals surface area contributed by atoms with E-state index in [1.807, 2.05) is 0 Å². The first-order valence-corrected chi connectivity index (χ1v) is 6.14. The lowest BCUT2D eigenvalue weighted by molar-refractivity contribution is -0.158. The number of carbonyl (C=O) groups is 3. The Morgan fingerprint density at radius 2 is 1.45 bits per heavy atom. The number of hydrogen-bond donors (Lipinski definition) is 0. The van der Waals surface area contributed by atoms with Gasteiger partial charge in [-0.25, -0.2) is 4.39 Å². The highest BCUT2D eigenvalue weighted by Crippen LogP contribution is 2.14. The first-order valence-electron chi connectivity index (χ1n) is 6.14. The molecule has 1 aromatic rings. The summed E-state index contributed by atoms with van der Waals surface area (Å²) >= 11 is 0. The molecule has 0 unspecified atom stereocenters. The van der Waals surface area contributed by atoms with E-state index in [2.05, 4.69) is 0 Å². The predicted molar refractivity (Wildman–Crippen MR) is 67.5 cm³/mol. The van der Waals surface area contributed by atoms with Gasteiger partial charge in [-0.05, 0) is 38.1 Å². The number of rotatable bonds is 6. The molecule has 0 atom stereocenters. The largest absolute Gasteiger partial charge is 0.465 e. The van der Waals surface area contributed by atoms with Crippen LogP contribution in [0.4, 0.5) is 4.39 Å². The van der Waals surface area contributed by atoms with Gasteiger partial charge in [-0.2, -0.15) is 0 Å². The van der Waals surface area contributed by atoms with E-state index in [4.69, 9.17) is 9.47 Å². The molecule has 0 aromatic heterocycles. The van der Waals surface area contributed by atoms with Crippen molar-refractivity contribution in [2.45, 2.75) is 13.8 Å². The van der Waals surface area contributed by atoms with Gasteiger partial charge in [-0.3, -0.25) is 14.4 Å². The van der Waals surface area contributed by atoms with Gasteiger partial charge in [0.05, 0.1) is 13.2 Å². The van der Waals surface area contributed by atoms with E-state index < -0.39 is 29.5 Å². The van der Waals surface area contributed by atoms with Gasteiger partial charge in [-0.1, -0.05) is 0 Å². The van der Waals surface area contributed by atoms with Crippen LogP contribution in [0.2, 0.25) is 0 Å². The molecule has 108 valence electrons. The normalized spacial score (nSPS) is 10.2. The number of ether oxygens (including phenoxy) is 2. The summed E-state index contributed by atoms with van der Waals surface area (Å²) < 4.78 is 22.2. The molecule has 20 heavy (non-hydrogen) atoms. The van der Waals surface area contributed by atoms with Gasteiger partial charge in [-0.15, -0.1) is 0 Å². The minimum atomic E-state index is -1.68. The number of hydrogen-bond acceptors (Lipinski definition) is 5. The second-order valence-corrected chi connectivity index (χ2v) is 3.81. The standard InChI is InChI=1S/C14H15FO5/c1-3-19-13(17)11(14(18)20-4-2)12(16)9-5-7-10(15)8-6-9/h5-8,11H,3-4H2,1-2H3. The average molecular weight is 282 g/mol. The highest BCUT2D eigenvalue weighted by molar-refractivity contribution is 6.20. The number of ketones is 1. The molecule has 1 aromatic carbocycles. The maximum absolute atomic E-state index is 12.8. The number of carbonyl (C=O) groups excluding carboxylic acids is 3. The van der Waals surface area contributed by atoms with Crippen LogP contribution in [0.5, 0.6) is 0 Å². The van der Waals surface area contributed by atoms with Crippen LogP contribution in [0.1, 0.15) is 24.2 Å². The van der Waals surface area contributed by atoms with Gasteiger partial charge in [0.2, 0.25) is 5.92 Å². The summed E-state index contributed by atoms with van der Waals surface area (Å²) in [5.41, 5.74) is 0.0394. The van der Waals surface area contributed by atoms with Crippen molar-refractivity contribution in [1.82, 2.24) is 0 Å². The molecular weight excluding hydrogens is 267 g/mol. The Hall–Kier alpha value is -2.24. The van der Waals surface area contributed by atoms with E-state index in [0.29, 0.717) is 0 Å². The Morgan fingerprint density at radius 3 is 1.85 bits per heavy atom. The zero-order valence-electron chi connectivity index (χ0n) is 11.2. The van der Waals surface area contributed by atoms with E-state index in [1.54, 1.807) is 13.8 Å². The van der Waals surface area contributed by atoms with Crippen LogP contribution in [-0.4, -0.2) is 30.9 Å². The molecule has 0 N–H and O–H groups in total. The summed E-state index contributed by atoms with van der Waals surface area (Å²) in [6.07, 6.45) is 0. The minimum Gasteiger partial charge on any atom is -0.465 e. The molecular formula is C14H15FO5. The number of benzene rings is 1. The summed E-state index contributed by atoms with van der Waals surface area (Å²) in [6, 6.07) is 4.54. The minimum absolute atomic E-state index is 0.0332. The summed E-state index contributed by atoms with van der Waals surface area (Å²) in [7, 11) is 0. The molecule has 0 aliphatic carbocycles. The van der Waals surface area contributed by atoms with E-state index >= 15 is 0 Å².